The van der Waals surface area contributed by atoms with Crippen LogP contribution in [0.25, 0.3) is 0 Å². The average Bonchev–Trinajstić information content (AvgIpc) is 3.29. The van der Waals surface area contributed by atoms with Crippen LogP contribution in [0.2, 0.25) is 0 Å². The van der Waals surface area contributed by atoms with Gasteiger partial charge in [0.2, 0.25) is 5.91 Å². The van der Waals surface area contributed by atoms with Crippen molar-refractivity contribution in [1.29, 1.82) is 0 Å². The summed E-state index contributed by atoms with van der Waals surface area (Å²) in [6, 6.07) is 6.25. The summed E-state index contributed by atoms with van der Waals surface area (Å²) in [5.41, 5.74) is 2.12. The molecule has 6 nitrogen and oxygen atoms in total. The molecule has 2 aromatic rings. The van der Waals surface area contributed by atoms with E-state index >= 15 is 0 Å². The lowest BCUT2D eigenvalue weighted by molar-refractivity contribution is -0.116. The Morgan fingerprint density at radius 2 is 1.92 bits per heavy atom. The van der Waals surface area contributed by atoms with E-state index in [1.807, 2.05) is 29.1 Å². The molecule has 25 heavy (non-hydrogen) atoms. The summed E-state index contributed by atoms with van der Waals surface area (Å²) < 4.78 is 12.8. The van der Waals surface area contributed by atoms with Crippen LogP contribution in [0.5, 0.6) is 11.5 Å². The number of fused-ring (bicyclic) bond motifs is 1. The van der Waals surface area contributed by atoms with Crippen molar-refractivity contribution in [1.82, 2.24) is 9.78 Å². The van der Waals surface area contributed by atoms with Crippen LogP contribution in [0.4, 0.5) is 5.82 Å². The third-order valence-electron chi connectivity index (χ3n) is 5.33. The van der Waals surface area contributed by atoms with Gasteiger partial charge in [0.25, 0.3) is 0 Å². The number of aromatic nitrogens is 2. The lowest BCUT2D eigenvalue weighted by atomic mass is 9.87. The standard InChI is InChI=1S/C19H23N3O3/c1-24-16-8-7-12(9-17(16)25-2)14-10-18(23)21-19-15(14)11-20-22(19)13-5-3-4-6-13/h7-9,11,13-14H,3-6,10H2,1-2H3,(H,21,23)/t14-/m1/s1. The second-order valence-corrected chi connectivity index (χ2v) is 6.75. The molecule has 1 aliphatic carbocycles. The molecule has 0 radical (unpaired) electrons. The van der Waals surface area contributed by atoms with E-state index in [4.69, 9.17) is 9.47 Å². The van der Waals surface area contributed by atoms with Crippen molar-refractivity contribution < 1.29 is 14.3 Å². The molecule has 1 amide bonds. The normalized spacial score (nSPS) is 20.2. The van der Waals surface area contributed by atoms with Crippen molar-refractivity contribution in [2.45, 2.75) is 44.1 Å². The molecule has 2 aliphatic rings. The molecule has 1 atom stereocenters. The zero-order valence-corrected chi connectivity index (χ0v) is 14.6. The third kappa shape index (κ3) is 2.75. The molecule has 1 aliphatic heterocycles. The van der Waals surface area contributed by atoms with Crippen molar-refractivity contribution in [2.75, 3.05) is 19.5 Å². The van der Waals surface area contributed by atoms with E-state index in [1.165, 1.54) is 12.8 Å². The Morgan fingerprint density at radius 1 is 1.16 bits per heavy atom. The van der Waals surface area contributed by atoms with Crippen molar-refractivity contribution in [3.63, 3.8) is 0 Å². The van der Waals surface area contributed by atoms with Gasteiger partial charge in [-0.15, -0.1) is 0 Å². The first-order chi connectivity index (χ1) is 12.2. The van der Waals surface area contributed by atoms with Gasteiger partial charge >= 0.3 is 0 Å². The smallest absolute Gasteiger partial charge is 0.226 e. The predicted molar refractivity (Wildman–Crippen MR) is 94.4 cm³/mol. The van der Waals surface area contributed by atoms with Crippen molar-refractivity contribution >= 4 is 11.7 Å². The molecular weight excluding hydrogens is 318 g/mol. The minimum atomic E-state index is -0.0151. The van der Waals surface area contributed by atoms with Crippen LogP contribution < -0.4 is 14.8 Å². The monoisotopic (exact) mass is 341 g/mol. The maximum Gasteiger partial charge on any atom is 0.226 e. The van der Waals surface area contributed by atoms with Gasteiger partial charge in [-0.2, -0.15) is 5.10 Å². The highest BCUT2D eigenvalue weighted by Gasteiger charge is 2.32. The molecule has 1 N–H and O–H groups in total. The molecule has 1 aromatic heterocycles. The molecule has 0 saturated heterocycles. The number of carbonyl (C=O) groups is 1. The molecule has 6 heteroatoms. The number of hydrogen-bond acceptors (Lipinski definition) is 4. The van der Waals surface area contributed by atoms with Gasteiger partial charge in [0, 0.05) is 17.9 Å². The molecule has 1 fully saturated rings. The first-order valence-corrected chi connectivity index (χ1v) is 8.80. The number of anilines is 1. The minimum Gasteiger partial charge on any atom is -0.493 e. The molecular formula is C19H23N3O3. The van der Waals surface area contributed by atoms with Crippen LogP contribution >= 0.6 is 0 Å². The summed E-state index contributed by atoms with van der Waals surface area (Å²) >= 11 is 0. The molecule has 0 spiro atoms. The van der Waals surface area contributed by atoms with E-state index in [2.05, 4.69) is 10.4 Å². The van der Waals surface area contributed by atoms with Crippen LogP contribution in [0.1, 0.15) is 55.2 Å². The number of ether oxygens (including phenoxy) is 2. The van der Waals surface area contributed by atoms with Gasteiger partial charge in [-0.1, -0.05) is 18.9 Å². The van der Waals surface area contributed by atoms with Gasteiger partial charge in [-0.05, 0) is 30.5 Å². The summed E-state index contributed by atoms with van der Waals surface area (Å²) in [4.78, 5) is 12.3. The highest BCUT2D eigenvalue weighted by molar-refractivity contribution is 5.94. The average molecular weight is 341 g/mol. The lowest BCUT2D eigenvalue weighted by Gasteiger charge is -2.25. The fraction of sp³-hybridized carbons (Fsp3) is 0.474. The Bertz CT molecular complexity index is 793. The molecule has 1 aromatic carbocycles. The Balaban J connectivity index is 1.74. The number of benzene rings is 1. The number of nitrogens with zero attached hydrogens (tertiary/aromatic N) is 2. The first kappa shape index (κ1) is 16.0. The maximum atomic E-state index is 12.3. The molecule has 0 unspecified atom stereocenters. The Morgan fingerprint density at radius 3 is 2.64 bits per heavy atom. The summed E-state index contributed by atoms with van der Waals surface area (Å²) in [6.07, 6.45) is 7.04. The third-order valence-corrected chi connectivity index (χ3v) is 5.33. The SMILES string of the molecule is COc1ccc([C@H]2CC(=O)Nc3c2cnn3C2CCCC2)cc1OC. The van der Waals surface area contributed by atoms with Gasteiger partial charge in [-0.25, -0.2) is 4.68 Å². The topological polar surface area (TPSA) is 65.4 Å². The summed E-state index contributed by atoms with van der Waals surface area (Å²) in [5, 5.41) is 7.65. The van der Waals surface area contributed by atoms with Crippen molar-refractivity contribution in [2.24, 2.45) is 0 Å². The van der Waals surface area contributed by atoms with Crippen LogP contribution in [0.3, 0.4) is 0 Å². The molecule has 4 rings (SSSR count). The van der Waals surface area contributed by atoms with Gasteiger partial charge < -0.3 is 14.8 Å². The van der Waals surface area contributed by atoms with E-state index in [0.29, 0.717) is 24.0 Å². The van der Waals surface area contributed by atoms with Crippen LogP contribution in [0.15, 0.2) is 24.4 Å². The lowest BCUT2D eigenvalue weighted by Crippen LogP contribution is -2.25. The van der Waals surface area contributed by atoms with Crippen LogP contribution in [-0.4, -0.2) is 29.9 Å². The predicted octanol–water partition coefficient (Wildman–Crippen LogP) is 3.49. The van der Waals surface area contributed by atoms with Crippen LogP contribution in [0, 0.1) is 0 Å². The van der Waals surface area contributed by atoms with E-state index < -0.39 is 0 Å². The summed E-state index contributed by atoms with van der Waals surface area (Å²) in [6.45, 7) is 0. The number of hydrogen-bond donors (Lipinski definition) is 1. The molecule has 1 saturated carbocycles. The molecule has 2 heterocycles. The Hall–Kier alpha value is -2.50. The summed E-state index contributed by atoms with van der Waals surface area (Å²) in [7, 11) is 3.24. The van der Waals surface area contributed by atoms with Gasteiger partial charge in [0.1, 0.15) is 5.82 Å². The molecule has 0 bridgehead atoms. The summed E-state index contributed by atoms with van der Waals surface area (Å²) in [5.74, 6) is 2.25. The van der Waals surface area contributed by atoms with E-state index in [1.54, 1.807) is 14.2 Å². The van der Waals surface area contributed by atoms with Gasteiger partial charge in [0.05, 0.1) is 26.5 Å². The number of rotatable bonds is 4. The van der Waals surface area contributed by atoms with Crippen molar-refractivity contribution in [3.05, 3.63) is 35.5 Å². The molecule has 132 valence electrons. The van der Waals surface area contributed by atoms with E-state index in [0.717, 1.165) is 29.8 Å². The zero-order valence-electron chi connectivity index (χ0n) is 14.6. The zero-order chi connectivity index (χ0) is 17.4. The number of methoxy groups -OCH3 is 2. The quantitative estimate of drug-likeness (QED) is 0.924. The second kappa shape index (κ2) is 6.43. The van der Waals surface area contributed by atoms with Gasteiger partial charge in [-0.3, -0.25) is 4.79 Å². The van der Waals surface area contributed by atoms with E-state index in [-0.39, 0.29) is 11.8 Å². The van der Waals surface area contributed by atoms with Crippen LogP contribution in [-0.2, 0) is 4.79 Å². The van der Waals surface area contributed by atoms with Crippen molar-refractivity contribution in [3.8, 4) is 11.5 Å². The number of carbonyl (C=O) groups excluding carboxylic acids is 1. The van der Waals surface area contributed by atoms with Gasteiger partial charge in [0.15, 0.2) is 11.5 Å². The van der Waals surface area contributed by atoms with E-state index in [9.17, 15) is 4.79 Å². The highest BCUT2D eigenvalue weighted by atomic mass is 16.5. The first-order valence-electron chi connectivity index (χ1n) is 8.80. The second-order valence-electron chi connectivity index (χ2n) is 6.75. The number of amides is 1. The maximum absolute atomic E-state index is 12.3. The largest absolute Gasteiger partial charge is 0.493 e. The Kier molecular flexibility index (Phi) is 4.11. The highest BCUT2D eigenvalue weighted by Crippen LogP contribution is 2.42. The minimum absolute atomic E-state index is 0.0151. The number of nitrogens with one attached hydrogen (secondary N) is 1. The fourth-order valence-electron chi connectivity index (χ4n) is 4.03. The Labute approximate surface area is 147 Å². The fourth-order valence-corrected chi connectivity index (χ4v) is 4.03.